The smallest absolute Gasteiger partial charge is 0.161 e. The number of nitrogens with one attached hydrogen (secondary N) is 1. The average Bonchev–Trinajstić information content (AvgIpc) is 2.42. The average molecular weight is 268 g/mol. The molecule has 0 spiro atoms. The SMILES string of the molecule is CCOc1ccc(C(NN)C(C)OC)cc1OCC. The van der Waals surface area contributed by atoms with Crippen molar-refractivity contribution in [1.29, 1.82) is 0 Å². The van der Waals surface area contributed by atoms with Crippen molar-refractivity contribution in [2.75, 3.05) is 20.3 Å². The van der Waals surface area contributed by atoms with Gasteiger partial charge in [-0.05, 0) is 38.5 Å². The molecule has 1 aromatic rings. The molecule has 108 valence electrons. The molecule has 0 fully saturated rings. The second kappa shape index (κ2) is 7.99. The number of hydrazine groups is 1. The fourth-order valence-corrected chi connectivity index (χ4v) is 1.90. The summed E-state index contributed by atoms with van der Waals surface area (Å²) in [6.45, 7) is 7.04. The molecule has 2 atom stereocenters. The first-order chi connectivity index (χ1) is 9.17. The highest BCUT2D eigenvalue weighted by molar-refractivity contribution is 5.44. The predicted molar refractivity (Wildman–Crippen MR) is 75.3 cm³/mol. The molecule has 0 saturated heterocycles. The van der Waals surface area contributed by atoms with Gasteiger partial charge in [-0.3, -0.25) is 11.3 Å². The third-order valence-corrected chi connectivity index (χ3v) is 2.95. The molecule has 0 bridgehead atoms. The van der Waals surface area contributed by atoms with Gasteiger partial charge >= 0.3 is 0 Å². The normalized spacial score (nSPS) is 13.9. The highest BCUT2D eigenvalue weighted by atomic mass is 16.5. The van der Waals surface area contributed by atoms with Crippen molar-refractivity contribution in [1.82, 2.24) is 5.43 Å². The zero-order chi connectivity index (χ0) is 14.3. The fraction of sp³-hybridized carbons (Fsp3) is 0.571. The van der Waals surface area contributed by atoms with Gasteiger partial charge in [-0.1, -0.05) is 6.07 Å². The minimum Gasteiger partial charge on any atom is -0.490 e. The molecule has 19 heavy (non-hydrogen) atoms. The van der Waals surface area contributed by atoms with Crippen LogP contribution in [-0.4, -0.2) is 26.4 Å². The molecule has 0 aliphatic rings. The fourth-order valence-electron chi connectivity index (χ4n) is 1.90. The molecule has 1 aromatic carbocycles. The third kappa shape index (κ3) is 4.09. The standard InChI is InChI=1S/C14H24N2O3/c1-5-18-12-8-7-11(9-13(12)19-6-2)14(16-15)10(3)17-4/h7-10,14,16H,5-6,15H2,1-4H3. The molecular weight excluding hydrogens is 244 g/mol. The molecule has 0 radical (unpaired) electrons. The number of benzene rings is 1. The zero-order valence-corrected chi connectivity index (χ0v) is 12.1. The Morgan fingerprint density at radius 1 is 1.16 bits per heavy atom. The van der Waals surface area contributed by atoms with Crippen LogP contribution in [0.5, 0.6) is 11.5 Å². The maximum atomic E-state index is 5.60. The van der Waals surface area contributed by atoms with Crippen LogP contribution in [0.25, 0.3) is 0 Å². The van der Waals surface area contributed by atoms with Gasteiger partial charge in [-0.15, -0.1) is 0 Å². The number of hydrogen-bond acceptors (Lipinski definition) is 5. The van der Waals surface area contributed by atoms with Crippen molar-refractivity contribution >= 4 is 0 Å². The molecular formula is C14H24N2O3. The van der Waals surface area contributed by atoms with E-state index in [0.717, 1.165) is 17.1 Å². The highest BCUT2D eigenvalue weighted by Crippen LogP contribution is 2.31. The Balaban J connectivity index is 3.04. The maximum Gasteiger partial charge on any atom is 0.161 e. The molecule has 0 amide bonds. The minimum absolute atomic E-state index is 0.0441. The lowest BCUT2D eigenvalue weighted by atomic mass is 10.0. The Morgan fingerprint density at radius 3 is 2.32 bits per heavy atom. The van der Waals surface area contributed by atoms with Gasteiger partial charge in [0, 0.05) is 7.11 Å². The monoisotopic (exact) mass is 268 g/mol. The van der Waals surface area contributed by atoms with E-state index in [1.165, 1.54) is 0 Å². The maximum absolute atomic E-state index is 5.60. The van der Waals surface area contributed by atoms with E-state index in [1.54, 1.807) is 7.11 Å². The summed E-state index contributed by atoms with van der Waals surface area (Å²) in [7, 11) is 1.66. The number of rotatable bonds is 8. The third-order valence-electron chi connectivity index (χ3n) is 2.95. The molecule has 0 aliphatic carbocycles. The summed E-state index contributed by atoms with van der Waals surface area (Å²) >= 11 is 0. The molecule has 0 heterocycles. The van der Waals surface area contributed by atoms with Crippen LogP contribution in [0, 0.1) is 0 Å². The summed E-state index contributed by atoms with van der Waals surface area (Å²) < 4.78 is 16.5. The van der Waals surface area contributed by atoms with Crippen LogP contribution in [0.4, 0.5) is 0 Å². The lowest BCUT2D eigenvalue weighted by Gasteiger charge is -2.23. The Kier molecular flexibility index (Phi) is 6.62. The predicted octanol–water partition coefficient (Wildman–Crippen LogP) is 2.02. The summed E-state index contributed by atoms with van der Waals surface area (Å²) in [6.07, 6.45) is -0.0441. The van der Waals surface area contributed by atoms with Crippen molar-refractivity contribution in [2.24, 2.45) is 5.84 Å². The van der Waals surface area contributed by atoms with Crippen LogP contribution >= 0.6 is 0 Å². The second-order valence-electron chi connectivity index (χ2n) is 4.16. The van der Waals surface area contributed by atoms with Crippen LogP contribution in [0.3, 0.4) is 0 Å². The van der Waals surface area contributed by atoms with E-state index < -0.39 is 0 Å². The number of nitrogens with two attached hydrogens (primary N) is 1. The van der Waals surface area contributed by atoms with E-state index in [9.17, 15) is 0 Å². The topological polar surface area (TPSA) is 65.7 Å². The highest BCUT2D eigenvalue weighted by Gasteiger charge is 2.19. The van der Waals surface area contributed by atoms with Gasteiger partial charge in [0.2, 0.25) is 0 Å². The molecule has 1 rings (SSSR count). The van der Waals surface area contributed by atoms with Crippen molar-refractivity contribution in [3.63, 3.8) is 0 Å². The molecule has 0 aromatic heterocycles. The van der Waals surface area contributed by atoms with Crippen LogP contribution in [0.1, 0.15) is 32.4 Å². The van der Waals surface area contributed by atoms with Gasteiger partial charge in [0.1, 0.15) is 0 Å². The quantitative estimate of drug-likeness (QED) is 0.558. The molecule has 2 unspecified atom stereocenters. The number of ether oxygens (including phenoxy) is 3. The summed E-state index contributed by atoms with van der Waals surface area (Å²) in [5.74, 6) is 7.07. The summed E-state index contributed by atoms with van der Waals surface area (Å²) in [5.41, 5.74) is 3.77. The minimum atomic E-state index is -0.0973. The Bertz CT molecular complexity index is 385. The van der Waals surface area contributed by atoms with E-state index in [4.69, 9.17) is 20.1 Å². The van der Waals surface area contributed by atoms with Gasteiger partial charge in [-0.25, -0.2) is 0 Å². The van der Waals surface area contributed by atoms with E-state index in [1.807, 2.05) is 39.0 Å². The summed E-state index contributed by atoms with van der Waals surface area (Å²) in [5, 5.41) is 0. The van der Waals surface area contributed by atoms with Gasteiger partial charge in [0.05, 0.1) is 25.4 Å². The lowest BCUT2D eigenvalue weighted by Crippen LogP contribution is -2.36. The number of hydrogen-bond donors (Lipinski definition) is 2. The van der Waals surface area contributed by atoms with E-state index in [2.05, 4.69) is 5.43 Å². The van der Waals surface area contributed by atoms with Crippen molar-refractivity contribution in [2.45, 2.75) is 32.9 Å². The first-order valence-electron chi connectivity index (χ1n) is 6.56. The van der Waals surface area contributed by atoms with Crippen molar-refractivity contribution in [3.8, 4) is 11.5 Å². The van der Waals surface area contributed by atoms with E-state index >= 15 is 0 Å². The Hall–Kier alpha value is -1.30. The van der Waals surface area contributed by atoms with E-state index in [0.29, 0.717) is 13.2 Å². The lowest BCUT2D eigenvalue weighted by molar-refractivity contribution is 0.0829. The largest absolute Gasteiger partial charge is 0.490 e. The molecule has 5 nitrogen and oxygen atoms in total. The Labute approximate surface area is 115 Å². The van der Waals surface area contributed by atoms with Gasteiger partial charge in [0.25, 0.3) is 0 Å². The molecule has 0 aliphatic heterocycles. The summed E-state index contributed by atoms with van der Waals surface area (Å²) in [4.78, 5) is 0. The van der Waals surface area contributed by atoms with Gasteiger partial charge in [-0.2, -0.15) is 0 Å². The second-order valence-corrected chi connectivity index (χ2v) is 4.16. The zero-order valence-electron chi connectivity index (χ0n) is 12.1. The van der Waals surface area contributed by atoms with Crippen molar-refractivity contribution < 1.29 is 14.2 Å². The van der Waals surface area contributed by atoms with Crippen LogP contribution in [0.15, 0.2) is 18.2 Å². The van der Waals surface area contributed by atoms with Gasteiger partial charge < -0.3 is 14.2 Å². The van der Waals surface area contributed by atoms with Gasteiger partial charge in [0.15, 0.2) is 11.5 Å². The first kappa shape index (κ1) is 15.8. The van der Waals surface area contributed by atoms with Crippen LogP contribution in [-0.2, 0) is 4.74 Å². The van der Waals surface area contributed by atoms with Crippen LogP contribution < -0.4 is 20.7 Å². The van der Waals surface area contributed by atoms with Crippen molar-refractivity contribution in [3.05, 3.63) is 23.8 Å². The molecule has 3 N–H and O–H groups in total. The molecule has 5 heteroatoms. The van der Waals surface area contributed by atoms with E-state index in [-0.39, 0.29) is 12.1 Å². The first-order valence-corrected chi connectivity index (χ1v) is 6.56. The summed E-state index contributed by atoms with van der Waals surface area (Å²) in [6, 6.07) is 5.71. The van der Waals surface area contributed by atoms with Crippen LogP contribution in [0.2, 0.25) is 0 Å². The number of methoxy groups -OCH3 is 1. The molecule has 0 saturated carbocycles. The Morgan fingerprint density at radius 2 is 1.79 bits per heavy atom.